The van der Waals surface area contributed by atoms with Gasteiger partial charge in [-0.25, -0.2) is 0 Å². The molecule has 3 rings (SSSR count). The zero-order valence-electron chi connectivity index (χ0n) is 11.0. The standard InChI is InChI=1S/C15H15NO3S/c1-19-12-5-2-10(3-6-12)15(17)11-4-7-13-14(8-11)20(18)9-16-13/h2-8,15-17H,9H2,1H3. The summed E-state index contributed by atoms with van der Waals surface area (Å²) in [4.78, 5) is 0.759. The summed E-state index contributed by atoms with van der Waals surface area (Å²) in [7, 11) is 1.61. The summed E-state index contributed by atoms with van der Waals surface area (Å²) in [5.41, 5.74) is 2.41. The van der Waals surface area contributed by atoms with Gasteiger partial charge >= 0.3 is 0 Å². The van der Waals surface area contributed by atoms with Crippen molar-refractivity contribution in [3.05, 3.63) is 53.6 Å². The van der Waals surface area contributed by atoms with Gasteiger partial charge in [-0.15, -0.1) is 0 Å². The molecule has 0 aliphatic carbocycles. The molecular weight excluding hydrogens is 274 g/mol. The Bertz CT molecular complexity index is 615. The van der Waals surface area contributed by atoms with E-state index in [1.54, 1.807) is 13.2 Å². The number of hydrogen-bond acceptors (Lipinski definition) is 4. The van der Waals surface area contributed by atoms with E-state index >= 15 is 0 Å². The molecule has 104 valence electrons. The Hall–Kier alpha value is -1.69. The maximum Gasteiger partial charge on any atom is 0.181 e. The molecule has 2 N–H and O–H groups in total. The normalized spacial score (nSPS) is 18.2. The summed E-state index contributed by atoms with van der Waals surface area (Å²) in [6.07, 6.45) is -0.733. The molecule has 0 radical (unpaired) electrons. The first kappa shape index (κ1) is 13.3. The fraction of sp³-hybridized carbons (Fsp3) is 0.200. The number of aliphatic hydroxyl groups is 1. The Kier molecular flexibility index (Phi) is 3.56. The van der Waals surface area contributed by atoms with E-state index in [9.17, 15) is 9.66 Å². The third-order valence-corrected chi connectivity index (χ3v) is 4.63. The van der Waals surface area contributed by atoms with Gasteiger partial charge in [0.2, 0.25) is 0 Å². The molecule has 2 atom stereocenters. The molecule has 20 heavy (non-hydrogen) atoms. The highest BCUT2D eigenvalue weighted by Gasteiger charge is 2.25. The second-order valence-electron chi connectivity index (χ2n) is 4.60. The van der Waals surface area contributed by atoms with Gasteiger partial charge in [-0.05, 0) is 29.3 Å². The number of nitrogens with one attached hydrogen (secondary N) is 1. The molecule has 5 heteroatoms. The zero-order chi connectivity index (χ0) is 14.1. The highest BCUT2D eigenvalue weighted by Crippen LogP contribution is 2.33. The first-order valence-corrected chi connectivity index (χ1v) is 7.59. The number of anilines is 1. The second kappa shape index (κ2) is 5.36. The molecule has 0 fully saturated rings. The summed E-state index contributed by atoms with van der Waals surface area (Å²) in [6.45, 7) is 0. The van der Waals surface area contributed by atoms with Crippen LogP contribution >= 0.6 is 0 Å². The molecule has 0 spiro atoms. The van der Waals surface area contributed by atoms with Gasteiger partial charge in [0, 0.05) is 17.2 Å². The number of benzene rings is 2. The number of aliphatic hydroxyl groups excluding tert-OH is 1. The van der Waals surface area contributed by atoms with Crippen LogP contribution in [0.25, 0.3) is 0 Å². The van der Waals surface area contributed by atoms with E-state index in [-0.39, 0.29) is 0 Å². The van der Waals surface area contributed by atoms with E-state index in [1.807, 2.05) is 36.4 Å². The van der Waals surface area contributed by atoms with Crippen molar-refractivity contribution in [2.75, 3.05) is 18.3 Å². The van der Waals surface area contributed by atoms with Crippen molar-refractivity contribution in [1.29, 1.82) is 0 Å². The SMILES string of the molecule is COc1ccc(C(O)c2ccc3c(c2)[S+]([O-])CN3)cc1. The van der Waals surface area contributed by atoms with Crippen LogP contribution < -0.4 is 10.1 Å². The number of ether oxygens (including phenoxy) is 1. The minimum Gasteiger partial charge on any atom is -0.610 e. The summed E-state index contributed by atoms with van der Waals surface area (Å²) < 4.78 is 16.9. The lowest BCUT2D eigenvalue weighted by molar-refractivity contribution is 0.220. The van der Waals surface area contributed by atoms with E-state index in [0.29, 0.717) is 5.88 Å². The van der Waals surface area contributed by atoms with Crippen molar-refractivity contribution in [3.8, 4) is 5.75 Å². The number of methoxy groups -OCH3 is 1. The van der Waals surface area contributed by atoms with Gasteiger partial charge in [-0.1, -0.05) is 18.2 Å². The largest absolute Gasteiger partial charge is 0.610 e. The van der Waals surface area contributed by atoms with Crippen LogP contribution in [0.4, 0.5) is 5.69 Å². The first-order valence-electron chi connectivity index (χ1n) is 6.27. The summed E-state index contributed by atoms with van der Waals surface area (Å²) in [5, 5.41) is 13.5. The van der Waals surface area contributed by atoms with E-state index in [1.165, 1.54) is 0 Å². The van der Waals surface area contributed by atoms with E-state index < -0.39 is 17.3 Å². The molecule has 2 aromatic carbocycles. The Labute approximate surface area is 120 Å². The fourth-order valence-corrected chi connectivity index (χ4v) is 3.34. The van der Waals surface area contributed by atoms with Crippen molar-refractivity contribution in [2.45, 2.75) is 11.0 Å². The molecule has 1 heterocycles. The maximum atomic E-state index is 11.8. The van der Waals surface area contributed by atoms with Gasteiger partial charge in [0.15, 0.2) is 10.8 Å². The van der Waals surface area contributed by atoms with Crippen molar-refractivity contribution in [3.63, 3.8) is 0 Å². The highest BCUT2D eigenvalue weighted by molar-refractivity contribution is 7.92. The quantitative estimate of drug-likeness (QED) is 0.851. The van der Waals surface area contributed by atoms with E-state index in [2.05, 4.69) is 5.32 Å². The van der Waals surface area contributed by atoms with Crippen LogP contribution in [0, 0.1) is 0 Å². The smallest absolute Gasteiger partial charge is 0.181 e. The van der Waals surface area contributed by atoms with Crippen LogP contribution in [0.2, 0.25) is 0 Å². The summed E-state index contributed by atoms with van der Waals surface area (Å²) in [6, 6.07) is 12.8. The monoisotopic (exact) mass is 289 g/mol. The number of rotatable bonds is 3. The number of hydrogen-bond donors (Lipinski definition) is 2. The average Bonchev–Trinajstić information content (AvgIpc) is 2.87. The first-order chi connectivity index (χ1) is 9.69. The van der Waals surface area contributed by atoms with E-state index in [4.69, 9.17) is 4.74 Å². The van der Waals surface area contributed by atoms with Crippen LogP contribution in [0.1, 0.15) is 17.2 Å². The molecule has 4 nitrogen and oxygen atoms in total. The molecule has 0 amide bonds. The molecule has 1 aliphatic rings. The predicted octanol–water partition coefficient (Wildman–Crippen LogP) is 2.27. The lowest BCUT2D eigenvalue weighted by Gasteiger charge is -2.13. The van der Waals surface area contributed by atoms with Gasteiger partial charge in [0.05, 0.1) is 12.8 Å². The van der Waals surface area contributed by atoms with Crippen molar-refractivity contribution in [2.24, 2.45) is 0 Å². The molecule has 0 bridgehead atoms. The van der Waals surface area contributed by atoms with Crippen molar-refractivity contribution in [1.82, 2.24) is 0 Å². The minimum atomic E-state index is -1.03. The van der Waals surface area contributed by atoms with Gasteiger partial charge in [0.1, 0.15) is 11.9 Å². The third kappa shape index (κ3) is 2.35. The van der Waals surface area contributed by atoms with Crippen molar-refractivity contribution < 1.29 is 14.4 Å². The average molecular weight is 289 g/mol. The molecular formula is C15H15NO3S. The summed E-state index contributed by atoms with van der Waals surface area (Å²) in [5.74, 6) is 1.19. The maximum absolute atomic E-state index is 11.8. The lowest BCUT2D eigenvalue weighted by Crippen LogP contribution is -2.04. The third-order valence-electron chi connectivity index (χ3n) is 3.39. The second-order valence-corrected chi connectivity index (χ2v) is 6.02. The predicted molar refractivity (Wildman–Crippen MR) is 78.4 cm³/mol. The molecule has 0 saturated heterocycles. The molecule has 2 aromatic rings. The topological polar surface area (TPSA) is 64.5 Å². The number of fused-ring (bicyclic) bond motifs is 1. The summed E-state index contributed by atoms with van der Waals surface area (Å²) >= 11 is -1.03. The molecule has 1 aliphatic heterocycles. The lowest BCUT2D eigenvalue weighted by atomic mass is 10.0. The Morgan fingerprint density at radius 3 is 2.60 bits per heavy atom. The highest BCUT2D eigenvalue weighted by atomic mass is 32.2. The Morgan fingerprint density at radius 2 is 1.90 bits per heavy atom. The Morgan fingerprint density at radius 1 is 1.20 bits per heavy atom. The van der Waals surface area contributed by atoms with Crippen LogP contribution in [0.3, 0.4) is 0 Å². The fourth-order valence-electron chi connectivity index (χ4n) is 2.24. The van der Waals surface area contributed by atoms with Crippen LogP contribution in [-0.4, -0.2) is 22.6 Å². The van der Waals surface area contributed by atoms with Crippen LogP contribution in [-0.2, 0) is 11.2 Å². The molecule has 0 aromatic heterocycles. The van der Waals surface area contributed by atoms with Gasteiger partial charge in [0.25, 0.3) is 0 Å². The van der Waals surface area contributed by atoms with Gasteiger partial charge in [-0.3, -0.25) is 0 Å². The van der Waals surface area contributed by atoms with Gasteiger partial charge in [-0.2, -0.15) is 0 Å². The minimum absolute atomic E-state index is 0.442. The van der Waals surface area contributed by atoms with E-state index in [0.717, 1.165) is 27.5 Å². The van der Waals surface area contributed by atoms with Crippen LogP contribution in [0.15, 0.2) is 47.4 Å². The van der Waals surface area contributed by atoms with Gasteiger partial charge < -0.3 is 19.7 Å². The Balaban J connectivity index is 1.90. The van der Waals surface area contributed by atoms with Crippen molar-refractivity contribution >= 4 is 16.9 Å². The van der Waals surface area contributed by atoms with Crippen LogP contribution in [0.5, 0.6) is 5.75 Å². The molecule has 0 saturated carbocycles. The zero-order valence-corrected chi connectivity index (χ0v) is 11.8. The molecule has 2 unspecified atom stereocenters.